The highest BCUT2D eigenvalue weighted by atomic mass is 16.5. The first-order chi connectivity index (χ1) is 9.60. The Bertz CT molecular complexity index is 794. The number of rotatable bonds is 1. The number of allylic oxidation sites excluding steroid dienone is 1. The zero-order valence-electron chi connectivity index (χ0n) is 11.7. The molecule has 1 aromatic heterocycles. The van der Waals surface area contributed by atoms with Gasteiger partial charge < -0.3 is 9.15 Å². The van der Waals surface area contributed by atoms with Crippen molar-refractivity contribution in [1.29, 1.82) is 0 Å². The molecule has 0 radical (unpaired) electrons. The fourth-order valence-electron chi connectivity index (χ4n) is 2.61. The van der Waals surface area contributed by atoms with Gasteiger partial charge in [0.1, 0.15) is 17.9 Å². The summed E-state index contributed by atoms with van der Waals surface area (Å²) in [5.41, 5.74) is 4.30. The van der Waals surface area contributed by atoms with Crippen molar-refractivity contribution in [1.82, 2.24) is 0 Å². The average Bonchev–Trinajstić information content (AvgIpc) is 2.63. The summed E-state index contributed by atoms with van der Waals surface area (Å²) in [6.07, 6.45) is 4.73. The van der Waals surface area contributed by atoms with Crippen LogP contribution in [-0.4, -0.2) is 6.61 Å². The van der Waals surface area contributed by atoms with Crippen LogP contribution in [0, 0.1) is 13.8 Å². The van der Waals surface area contributed by atoms with E-state index in [0.717, 1.165) is 39.8 Å². The van der Waals surface area contributed by atoms with Crippen LogP contribution in [-0.2, 0) is 6.42 Å². The summed E-state index contributed by atoms with van der Waals surface area (Å²) >= 11 is 0. The predicted molar refractivity (Wildman–Crippen MR) is 79.4 cm³/mol. The third-order valence-electron chi connectivity index (χ3n) is 3.73. The molecule has 0 amide bonds. The van der Waals surface area contributed by atoms with Crippen molar-refractivity contribution in [2.45, 2.75) is 20.3 Å². The van der Waals surface area contributed by atoms with E-state index in [0.29, 0.717) is 12.2 Å². The predicted octanol–water partition coefficient (Wildman–Crippen LogP) is 3.46. The van der Waals surface area contributed by atoms with E-state index in [1.165, 1.54) is 6.07 Å². The molecular weight excluding hydrogens is 252 g/mol. The first-order valence-corrected chi connectivity index (χ1v) is 6.61. The van der Waals surface area contributed by atoms with Crippen molar-refractivity contribution >= 4 is 11.0 Å². The quantitative estimate of drug-likeness (QED) is 0.743. The molecule has 0 unspecified atom stereocenters. The van der Waals surface area contributed by atoms with Crippen LogP contribution in [0.1, 0.15) is 16.7 Å². The third kappa shape index (κ3) is 1.95. The molecule has 0 saturated heterocycles. The van der Waals surface area contributed by atoms with Gasteiger partial charge in [0.05, 0.1) is 0 Å². The minimum atomic E-state index is -0.323. The van der Waals surface area contributed by atoms with Gasteiger partial charge in [-0.25, -0.2) is 4.79 Å². The van der Waals surface area contributed by atoms with Gasteiger partial charge in [0.2, 0.25) is 0 Å². The van der Waals surface area contributed by atoms with Gasteiger partial charge in [-0.3, -0.25) is 0 Å². The van der Waals surface area contributed by atoms with Gasteiger partial charge in [0.25, 0.3) is 0 Å². The Kier molecular flexibility index (Phi) is 2.97. The second kappa shape index (κ2) is 4.67. The summed E-state index contributed by atoms with van der Waals surface area (Å²) in [5, 5.41) is 0.972. The molecule has 2 aromatic rings. The van der Waals surface area contributed by atoms with E-state index in [2.05, 4.69) is 18.7 Å². The summed E-state index contributed by atoms with van der Waals surface area (Å²) in [7, 11) is 0. The molecule has 1 aliphatic rings. The van der Waals surface area contributed by atoms with E-state index in [1.807, 2.05) is 19.9 Å². The molecule has 1 aromatic carbocycles. The number of ether oxygens (including phenoxy) is 1. The highest BCUT2D eigenvalue weighted by Gasteiger charge is 2.17. The van der Waals surface area contributed by atoms with Crippen LogP contribution in [0.3, 0.4) is 0 Å². The van der Waals surface area contributed by atoms with E-state index >= 15 is 0 Å². The van der Waals surface area contributed by atoms with Gasteiger partial charge in [-0.15, -0.1) is 0 Å². The van der Waals surface area contributed by atoms with Crippen LogP contribution >= 0.6 is 0 Å². The number of fused-ring (bicyclic) bond motifs is 2. The molecule has 20 heavy (non-hydrogen) atoms. The third-order valence-corrected chi connectivity index (χ3v) is 3.73. The zero-order chi connectivity index (χ0) is 14.3. The Morgan fingerprint density at radius 2 is 2.10 bits per heavy atom. The zero-order valence-corrected chi connectivity index (χ0v) is 11.7. The van der Waals surface area contributed by atoms with Crippen LogP contribution in [0.2, 0.25) is 0 Å². The summed E-state index contributed by atoms with van der Waals surface area (Å²) in [5.74, 6) is 0.819. The summed E-state index contributed by atoms with van der Waals surface area (Å²) < 4.78 is 11.2. The molecule has 3 nitrogen and oxygen atoms in total. The maximum absolute atomic E-state index is 11.6. The molecule has 0 aliphatic carbocycles. The molecule has 0 N–H and O–H groups in total. The largest absolute Gasteiger partial charge is 0.488 e. The van der Waals surface area contributed by atoms with E-state index in [-0.39, 0.29) is 5.63 Å². The van der Waals surface area contributed by atoms with Crippen LogP contribution in [0.25, 0.3) is 11.0 Å². The smallest absolute Gasteiger partial charge is 0.336 e. The first-order valence-electron chi connectivity index (χ1n) is 6.61. The minimum absolute atomic E-state index is 0.323. The fraction of sp³-hybridized carbons (Fsp3) is 0.235. The monoisotopic (exact) mass is 268 g/mol. The summed E-state index contributed by atoms with van der Waals surface area (Å²) in [6.45, 7) is 8.14. The lowest BCUT2D eigenvalue weighted by Crippen LogP contribution is -2.03. The fourth-order valence-corrected chi connectivity index (χ4v) is 2.61. The van der Waals surface area contributed by atoms with E-state index < -0.39 is 0 Å². The molecule has 102 valence electrons. The molecule has 0 saturated carbocycles. The van der Waals surface area contributed by atoms with Crippen molar-refractivity contribution in [3.8, 4) is 5.75 Å². The lowest BCUT2D eigenvalue weighted by Gasteiger charge is -2.13. The summed E-state index contributed by atoms with van der Waals surface area (Å²) in [6, 6.07) is 3.58. The number of benzene rings is 1. The Hall–Kier alpha value is -2.29. The number of aryl methyl sites for hydroxylation is 2. The Balaban J connectivity index is 2.29. The van der Waals surface area contributed by atoms with Gasteiger partial charge in [0, 0.05) is 17.0 Å². The molecule has 0 fully saturated rings. The maximum atomic E-state index is 11.6. The molecule has 0 spiro atoms. The lowest BCUT2D eigenvalue weighted by atomic mass is 10.0. The highest BCUT2D eigenvalue weighted by Crippen LogP contribution is 2.34. The Morgan fingerprint density at radius 1 is 1.30 bits per heavy atom. The molecule has 0 atom stereocenters. The maximum Gasteiger partial charge on any atom is 0.336 e. The topological polar surface area (TPSA) is 39.4 Å². The van der Waals surface area contributed by atoms with Gasteiger partial charge in [-0.2, -0.15) is 0 Å². The van der Waals surface area contributed by atoms with Gasteiger partial charge in [0.15, 0.2) is 0 Å². The van der Waals surface area contributed by atoms with Crippen molar-refractivity contribution in [2.75, 3.05) is 6.61 Å². The Morgan fingerprint density at radius 3 is 2.85 bits per heavy atom. The van der Waals surface area contributed by atoms with Gasteiger partial charge >= 0.3 is 5.63 Å². The van der Waals surface area contributed by atoms with Crippen LogP contribution in [0.15, 0.2) is 45.6 Å². The SMILES string of the molecule is C=CC1=CCc2cc3c(C)cc(=O)oc3c(C)c2OC1. The van der Waals surface area contributed by atoms with E-state index in [9.17, 15) is 4.79 Å². The molecule has 3 rings (SSSR count). The van der Waals surface area contributed by atoms with Crippen molar-refractivity contribution in [3.63, 3.8) is 0 Å². The minimum Gasteiger partial charge on any atom is -0.488 e. The van der Waals surface area contributed by atoms with E-state index in [1.54, 1.807) is 0 Å². The standard InChI is InChI=1S/C17H16O3/c1-4-12-5-6-13-8-14-10(2)7-15(18)20-17(14)11(3)16(13)19-9-12/h4-5,7-8H,1,6,9H2,2-3H3. The lowest BCUT2D eigenvalue weighted by molar-refractivity contribution is 0.353. The average molecular weight is 268 g/mol. The molecule has 1 aliphatic heterocycles. The second-order valence-corrected chi connectivity index (χ2v) is 5.09. The van der Waals surface area contributed by atoms with Gasteiger partial charge in [-0.1, -0.05) is 18.7 Å². The molecule has 3 heteroatoms. The van der Waals surface area contributed by atoms with E-state index in [4.69, 9.17) is 9.15 Å². The van der Waals surface area contributed by atoms with Crippen LogP contribution in [0.4, 0.5) is 0 Å². The highest BCUT2D eigenvalue weighted by molar-refractivity contribution is 5.86. The summed E-state index contributed by atoms with van der Waals surface area (Å²) in [4.78, 5) is 11.6. The Labute approximate surface area is 117 Å². The number of hydrogen-bond acceptors (Lipinski definition) is 3. The molecular formula is C17H16O3. The number of hydrogen-bond donors (Lipinski definition) is 0. The van der Waals surface area contributed by atoms with Crippen molar-refractivity contribution in [3.05, 3.63) is 63.5 Å². The second-order valence-electron chi connectivity index (χ2n) is 5.09. The van der Waals surface area contributed by atoms with Crippen molar-refractivity contribution in [2.24, 2.45) is 0 Å². The molecule has 2 heterocycles. The van der Waals surface area contributed by atoms with Crippen LogP contribution < -0.4 is 10.4 Å². The van der Waals surface area contributed by atoms with Crippen molar-refractivity contribution < 1.29 is 9.15 Å². The molecule has 0 bridgehead atoms. The van der Waals surface area contributed by atoms with Crippen LogP contribution in [0.5, 0.6) is 5.75 Å². The van der Waals surface area contributed by atoms with Gasteiger partial charge in [-0.05, 0) is 43.0 Å². The first kappa shape index (κ1) is 12.7. The normalized spacial score (nSPS) is 14.2.